The first-order chi connectivity index (χ1) is 10.0. The highest BCUT2D eigenvalue weighted by Crippen LogP contribution is 2.35. The summed E-state index contributed by atoms with van der Waals surface area (Å²) in [5, 5.41) is 0. The van der Waals surface area contributed by atoms with E-state index in [-0.39, 0.29) is 12.8 Å². The summed E-state index contributed by atoms with van der Waals surface area (Å²) in [6.07, 6.45) is 6.74. The van der Waals surface area contributed by atoms with Gasteiger partial charge < -0.3 is 9.47 Å². The van der Waals surface area contributed by atoms with Crippen molar-refractivity contribution in [2.24, 2.45) is 5.41 Å². The molecule has 1 aromatic rings. The first-order valence-electron chi connectivity index (χ1n) is 6.21. The van der Waals surface area contributed by atoms with Gasteiger partial charge in [0, 0.05) is 19.0 Å². The van der Waals surface area contributed by atoms with E-state index in [2.05, 4.69) is 17.5 Å². The fraction of sp³-hybridized carbons (Fsp3) is 0.312. The van der Waals surface area contributed by atoms with Crippen molar-refractivity contribution < 1.29 is 19.1 Å². The molecule has 0 bridgehead atoms. The van der Waals surface area contributed by atoms with Gasteiger partial charge in [-0.25, -0.2) is 0 Å². The summed E-state index contributed by atoms with van der Waals surface area (Å²) < 4.78 is 9.46. The summed E-state index contributed by atoms with van der Waals surface area (Å²) in [6.45, 7) is 3.88. The van der Waals surface area contributed by atoms with E-state index in [4.69, 9.17) is 15.9 Å². The second-order valence-electron chi connectivity index (χ2n) is 4.44. The minimum Gasteiger partial charge on any atom is -0.468 e. The quantitative estimate of drug-likeness (QED) is 0.454. The van der Waals surface area contributed by atoms with E-state index in [9.17, 15) is 9.59 Å². The zero-order valence-electron chi connectivity index (χ0n) is 12.1. The molecule has 5 nitrogen and oxygen atoms in total. The van der Waals surface area contributed by atoms with E-state index in [1.54, 1.807) is 24.4 Å². The number of ether oxygens (including phenoxy) is 2. The molecule has 0 N–H and O–H groups in total. The first kappa shape index (κ1) is 16.4. The predicted molar refractivity (Wildman–Crippen MR) is 77.8 cm³/mol. The van der Waals surface area contributed by atoms with Crippen LogP contribution >= 0.6 is 0 Å². The van der Waals surface area contributed by atoms with Crippen molar-refractivity contribution >= 4 is 17.5 Å². The van der Waals surface area contributed by atoms with Crippen LogP contribution in [-0.2, 0) is 19.1 Å². The molecule has 0 fully saturated rings. The molecule has 21 heavy (non-hydrogen) atoms. The molecule has 0 aliphatic heterocycles. The maximum atomic E-state index is 12.1. The highest BCUT2D eigenvalue weighted by molar-refractivity contribution is 6.01. The molecule has 0 unspecified atom stereocenters. The Balaban J connectivity index is 3.18. The van der Waals surface area contributed by atoms with Crippen LogP contribution in [0.5, 0.6) is 0 Å². The third-order valence-corrected chi connectivity index (χ3v) is 3.10. The van der Waals surface area contributed by atoms with Crippen molar-refractivity contribution in [3.05, 3.63) is 36.7 Å². The minimum atomic E-state index is -1.60. The Labute approximate surface area is 124 Å². The Hall–Kier alpha value is -2.61. The smallest absolute Gasteiger partial charge is 0.324 e. The summed E-state index contributed by atoms with van der Waals surface area (Å²) in [6, 6.07) is 5.27. The van der Waals surface area contributed by atoms with Gasteiger partial charge in [-0.2, -0.15) is 0 Å². The molecule has 0 saturated heterocycles. The molecule has 0 aromatic carbocycles. The van der Waals surface area contributed by atoms with Crippen molar-refractivity contribution in [3.63, 3.8) is 0 Å². The number of pyridine rings is 1. The van der Waals surface area contributed by atoms with Crippen LogP contribution < -0.4 is 0 Å². The summed E-state index contributed by atoms with van der Waals surface area (Å²) >= 11 is 0. The fourth-order valence-corrected chi connectivity index (χ4v) is 2.03. The maximum absolute atomic E-state index is 12.1. The number of allylic oxidation sites excluding steroid dienone is 1. The Kier molecular flexibility index (Phi) is 5.67. The Morgan fingerprint density at radius 1 is 1.33 bits per heavy atom. The molecule has 110 valence electrons. The van der Waals surface area contributed by atoms with Gasteiger partial charge in [-0.1, -0.05) is 12.6 Å². The average Bonchev–Trinajstić information content (AvgIpc) is 2.53. The Morgan fingerprint density at radius 3 is 2.38 bits per heavy atom. The molecule has 0 radical (unpaired) electrons. The van der Waals surface area contributed by atoms with Crippen molar-refractivity contribution in [3.8, 4) is 12.3 Å². The lowest BCUT2D eigenvalue weighted by Gasteiger charge is -2.26. The van der Waals surface area contributed by atoms with Crippen LogP contribution in [0.25, 0.3) is 5.57 Å². The lowest BCUT2D eigenvalue weighted by atomic mass is 9.78. The van der Waals surface area contributed by atoms with E-state index in [1.807, 2.05) is 0 Å². The van der Waals surface area contributed by atoms with Crippen LogP contribution in [0.2, 0.25) is 0 Å². The first-order valence-corrected chi connectivity index (χ1v) is 6.21. The summed E-state index contributed by atoms with van der Waals surface area (Å²) in [5.41, 5.74) is -0.527. The molecule has 0 atom stereocenters. The molecule has 1 rings (SSSR count). The summed E-state index contributed by atoms with van der Waals surface area (Å²) in [7, 11) is 2.39. The van der Waals surface area contributed by atoms with E-state index in [0.717, 1.165) is 0 Å². The topological polar surface area (TPSA) is 65.5 Å². The van der Waals surface area contributed by atoms with E-state index in [1.165, 1.54) is 14.2 Å². The number of esters is 2. The van der Waals surface area contributed by atoms with Gasteiger partial charge in [-0.15, -0.1) is 12.3 Å². The van der Waals surface area contributed by atoms with Crippen molar-refractivity contribution in [2.75, 3.05) is 14.2 Å². The van der Waals surface area contributed by atoms with Gasteiger partial charge in [0.15, 0.2) is 5.41 Å². The number of carbonyl (C=O) groups is 2. The summed E-state index contributed by atoms with van der Waals surface area (Å²) in [5.74, 6) is 0.841. The van der Waals surface area contributed by atoms with E-state index in [0.29, 0.717) is 11.3 Å². The van der Waals surface area contributed by atoms with Crippen molar-refractivity contribution in [1.29, 1.82) is 0 Å². The molecule has 0 aliphatic carbocycles. The molecular weight excluding hydrogens is 270 g/mol. The number of hydrogen-bond acceptors (Lipinski definition) is 5. The van der Waals surface area contributed by atoms with Crippen molar-refractivity contribution in [1.82, 2.24) is 4.98 Å². The standard InChI is InChI=1S/C16H17NO4/c1-5-9-16(14(18)20-3,15(19)21-4)11-12(2)13-8-6-7-10-17-13/h1,6-8,10H,2,9,11H2,3-4H3. The number of rotatable bonds is 6. The number of aromatic nitrogens is 1. The van der Waals surface area contributed by atoms with Crippen LogP contribution in [0.15, 0.2) is 31.0 Å². The van der Waals surface area contributed by atoms with Gasteiger partial charge in [0.05, 0.1) is 19.9 Å². The second-order valence-corrected chi connectivity index (χ2v) is 4.44. The normalized spacial score (nSPS) is 10.3. The van der Waals surface area contributed by atoms with Gasteiger partial charge in [0.2, 0.25) is 0 Å². The zero-order valence-corrected chi connectivity index (χ0v) is 12.1. The molecular formula is C16H17NO4. The van der Waals surface area contributed by atoms with Gasteiger partial charge in [0.1, 0.15) is 0 Å². The fourth-order valence-electron chi connectivity index (χ4n) is 2.03. The van der Waals surface area contributed by atoms with E-state index < -0.39 is 17.4 Å². The third-order valence-electron chi connectivity index (χ3n) is 3.10. The second kappa shape index (κ2) is 7.25. The maximum Gasteiger partial charge on any atom is 0.324 e. The monoisotopic (exact) mass is 287 g/mol. The minimum absolute atomic E-state index is 0.0203. The van der Waals surface area contributed by atoms with Gasteiger partial charge in [-0.3, -0.25) is 14.6 Å². The van der Waals surface area contributed by atoms with Crippen LogP contribution in [0.1, 0.15) is 18.5 Å². The van der Waals surface area contributed by atoms with E-state index >= 15 is 0 Å². The molecule has 0 saturated carbocycles. The number of hydrogen-bond donors (Lipinski definition) is 0. The SMILES string of the molecule is C#CCC(CC(=C)c1ccccn1)(C(=O)OC)C(=O)OC. The van der Waals surface area contributed by atoms with Crippen LogP contribution in [0.3, 0.4) is 0 Å². The predicted octanol–water partition coefficient (Wildman–Crippen LogP) is 1.84. The van der Waals surface area contributed by atoms with Gasteiger partial charge >= 0.3 is 11.9 Å². The summed E-state index contributed by atoms with van der Waals surface area (Å²) in [4.78, 5) is 28.4. The number of terminal acetylenes is 1. The van der Waals surface area contributed by atoms with Crippen LogP contribution in [-0.4, -0.2) is 31.1 Å². The van der Waals surface area contributed by atoms with Crippen molar-refractivity contribution in [2.45, 2.75) is 12.8 Å². The molecule has 0 amide bonds. The Bertz CT molecular complexity index is 556. The molecule has 0 spiro atoms. The van der Waals surface area contributed by atoms with Crippen LogP contribution in [0, 0.1) is 17.8 Å². The number of methoxy groups -OCH3 is 2. The Morgan fingerprint density at radius 2 is 1.95 bits per heavy atom. The number of carbonyl (C=O) groups excluding carboxylic acids is 2. The third kappa shape index (κ3) is 3.48. The lowest BCUT2D eigenvalue weighted by Crippen LogP contribution is -2.41. The number of nitrogens with zero attached hydrogens (tertiary/aromatic N) is 1. The van der Waals surface area contributed by atoms with Crippen LogP contribution in [0.4, 0.5) is 0 Å². The van der Waals surface area contributed by atoms with Gasteiger partial charge in [0.25, 0.3) is 0 Å². The molecule has 0 aliphatic rings. The molecule has 1 aromatic heterocycles. The average molecular weight is 287 g/mol. The highest BCUT2D eigenvalue weighted by atomic mass is 16.5. The largest absolute Gasteiger partial charge is 0.468 e. The molecule has 5 heteroatoms. The lowest BCUT2D eigenvalue weighted by molar-refractivity contribution is -0.168. The van der Waals surface area contributed by atoms with Gasteiger partial charge in [-0.05, 0) is 17.7 Å². The molecule has 1 heterocycles. The zero-order chi connectivity index (χ0) is 15.9. The highest BCUT2D eigenvalue weighted by Gasteiger charge is 2.48.